The van der Waals surface area contributed by atoms with E-state index in [1.54, 1.807) is 0 Å². The van der Waals surface area contributed by atoms with Gasteiger partial charge in [0.05, 0.1) is 24.0 Å². The molecule has 5 nitrogen and oxygen atoms in total. The molecule has 0 radical (unpaired) electrons. The summed E-state index contributed by atoms with van der Waals surface area (Å²) in [5, 5.41) is 9.06. The van der Waals surface area contributed by atoms with Crippen LogP contribution in [0.15, 0.2) is 0 Å². The van der Waals surface area contributed by atoms with E-state index in [4.69, 9.17) is 9.84 Å². The fraction of sp³-hybridized carbons (Fsp3) is 0.857. The number of carboxylic acids is 1. The number of rotatable bonds is 2. The summed E-state index contributed by atoms with van der Waals surface area (Å²) in [6.07, 6.45) is 5.77. The Kier molecular flexibility index (Phi) is 3.25. The zero-order valence-corrected chi connectivity index (χ0v) is 11.1. The number of ether oxygens (including phenoxy) is 1. The highest BCUT2D eigenvalue weighted by atomic mass is 16.5. The molecule has 0 bridgehead atoms. The van der Waals surface area contributed by atoms with Crippen LogP contribution >= 0.6 is 0 Å². The van der Waals surface area contributed by atoms with Gasteiger partial charge in [0.1, 0.15) is 0 Å². The summed E-state index contributed by atoms with van der Waals surface area (Å²) in [6.45, 7) is 1.87. The van der Waals surface area contributed by atoms with Crippen LogP contribution < -0.4 is 0 Å². The number of aliphatic carboxylic acids is 1. The Morgan fingerprint density at radius 1 is 1.16 bits per heavy atom. The van der Waals surface area contributed by atoms with Gasteiger partial charge in [-0.05, 0) is 25.7 Å². The largest absolute Gasteiger partial charge is 0.481 e. The van der Waals surface area contributed by atoms with Crippen molar-refractivity contribution in [1.82, 2.24) is 4.90 Å². The number of nitrogens with zero attached hydrogens (tertiary/aromatic N) is 1. The van der Waals surface area contributed by atoms with Crippen molar-refractivity contribution >= 4 is 11.9 Å². The summed E-state index contributed by atoms with van der Waals surface area (Å²) in [6, 6.07) is 0. The molecule has 1 aliphatic heterocycles. The normalized spacial score (nSPS) is 33.2. The first kappa shape index (κ1) is 12.9. The van der Waals surface area contributed by atoms with Gasteiger partial charge in [0.2, 0.25) is 5.91 Å². The minimum Gasteiger partial charge on any atom is -0.481 e. The van der Waals surface area contributed by atoms with Crippen molar-refractivity contribution in [1.29, 1.82) is 0 Å². The molecule has 19 heavy (non-hydrogen) atoms. The van der Waals surface area contributed by atoms with Crippen LogP contribution in [0.25, 0.3) is 0 Å². The van der Waals surface area contributed by atoms with E-state index in [9.17, 15) is 9.59 Å². The second kappa shape index (κ2) is 4.78. The van der Waals surface area contributed by atoms with Gasteiger partial charge >= 0.3 is 5.97 Å². The number of carbonyl (C=O) groups is 2. The molecule has 2 saturated carbocycles. The highest BCUT2D eigenvalue weighted by Gasteiger charge is 2.46. The quantitative estimate of drug-likeness (QED) is 0.818. The second-order valence-electron chi connectivity index (χ2n) is 6.13. The number of carboxylic acid groups (broad SMARTS) is 1. The van der Waals surface area contributed by atoms with Crippen LogP contribution in [0.2, 0.25) is 0 Å². The third-order valence-electron chi connectivity index (χ3n) is 4.98. The Balaban J connectivity index is 1.65. The van der Waals surface area contributed by atoms with Crippen LogP contribution in [0.1, 0.15) is 38.5 Å². The lowest BCUT2D eigenvalue weighted by Crippen LogP contribution is -2.56. The molecular weight excluding hydrogens is 246 g/mol. The number of morpholine rings is 1. The predicted octanol–water partition coefficient (Wildman–Crippen LogP) is 1.27. The summed E-state index contributed by atoms with van der Waals surface area (Å²) >= 11 is 0. The third kappa shape index (κ3) is 2.24. The van der Waals surface area contributed by atoms with E-state index >= 15 is 0 Å². The van der Waals surface area contributed by atoms with Crippen molar-refractivity contribution in [2.75, 3.05) is 19.7 Å². The Morgan fingerprint density at radius 2 is 1.84 bits per heavy atom. The Morgan fingerprint density at radius 3 is 2.42 bits per heavy atom. The van der Waals surface area contributed by atoms with Crippen LogP contribution in [0, 0.1) is 11.8 Å². The molecule has 2 unspecified atom stereocenters. The Bertz CT molecular complexity index is 389. The molecule has 2 atom stereocenters. The van der Waals surface area contributed by atoms with Gasteiger partial charge in [-0.3, -0.25) is 9.59 Å². The minimum absolute atomic E-state index is 0.0354. The van der Waals surface area contributed by atoms with Crippen molar-refractivity contribution in [3.63, 3.8) is 0 Å². The first-order valence-corrected chi connectivity index (χ1v) is 7.27. The molecule has 0 aromatic carbocycles. The van der Waals surface area contributed by atoms with Crippen molar-refractivity contribution in [3.05, 3.63) is 0 Å². The lowest BCUT2D eigenvalue weighted by atomic mass is 9.72. The van der Waals surface area contributed by atoms with Crippen molar-refractivity contribution in [2.24, 2.45) is 11.8 Å². The molecule has 1 saturated heterocycles. The highest BCUT2D eigenvalue weighted by Crippen LogP contribution is 2.39. The van der Waals surface area contributed by atoms with E-state index in [0.717, 1.165) is 19.3 Å². The van der Waals surface area contributed by atoms with Crippen LogP contribution in [0.3, 0.4) is 0 Å². The van der Waals surface area contributed by atoms with Gasteiger partial charge in [-0.2, -0.15) is 0 Å². The molecule has 1 amide bonds. The lowest BCUT2D eigenvalue weighted by molar-refractivity contribution is -0.165. The average Bonchev–Trinajstić information content (AvgIpc) is 2.75. The molecule has 3 aliphatic rings. The zero-order valence-electron chi connectivity index (χ0n) is 11.1. The average molecular weight is 267 g/mol. The van der Waals surface area contributed by atoms with Crippen molar-refractivity contribution in [3.8, 4) is 0 Å². The lowest BCUT2D eigenvalue weighted by Gasteiger charge is -2.44. The summed E-state index contributed by atoms with van der Waals surface area (Å²) < 4.78 is 5.90. The van der Waals surface area contributed by atoms with Gasteiger partial charge < -0.3 is 14.7 Å². The van der Waals surface area contributed by atoms with Gasteiger partial charge in [0, 0.05) is 13.1 Å². The first-order valence-electron chi connectivity index (χ1n) is 7.27. The fourth-order valence-corrected chi connectivity index (χ4v) is 3.68. The molecule has 3 rings (SSSR count). The zero-order chi connectivity index (χ0) is 13.5. The summed E-state index contributed by atoms with van der Waals surface area (Å²) in [7, 11) is 0. The van der Waals surface area contributed by atoms with Gasteiger partial charge in [-0.1, -0.05) is 12.8 Å². The Hall–Kier alpha value is -1.10. The predicted molar refractivity (Wildman–Crippen MR) is 67.6 cm³/mol. The monoisotopic (exact) mass is 267 g/mol. The molecule has 5 heteroatoms. The molecule has 1 N–H and O–H groups in total. The van der Waals surface area contributed by atoms with Crippen LogP contribution in [0.5, 0.6) is 0 Å². The minimum atomic E-state index is -0.826. The number of amides is 1. The molecule has 2 aliphatic carbocycles. The summed E-state index contributed by atoms with van der Waals surface area (Å²) in [4.78, 5) is 25.3. The topological polar surface area (TPSA) is 66.8 Å². The van der Waals surface area contributed by atoms with Gasteiger partial charge in [0.15, 0.2) is 0 Å². The summed E-state index contributed by atoms with van der Waals surface area (Å²) in [5.74, 6) is -1.55. The number of hydrogen-bond acceptors (Lipinski definition) is 3. The standard InChI is InChI=1S/C14H21NO4/c16-12(10-3-4-11(10)13(17)18)15-7-8-19-14(9-15)5-1-2-6-14/h10-11H,1-9H2,(H,17,18). The van der Waals surface area contributed by atoms with E-state index in [2.05, 4.69) is 0 Å². The Labute approximate surface area is 112 Å². The van der Waals surface area contributed by atoms with Gasteiger partial charge in [-0.25, -0.2) is 0 Å². The third-order valence-corrected chi connectivity index (χ3v) is 4.98. The maximum absolute atomic E-state index is 12.4. The fourth-order valence-electron chi connectivity index (χ4n) is 3.68. The number of carbonyl (C=O) groups excluding carboxylic acids is 1. The van der Waals surface area contributed by atoms with Crippen LogP contribution in [0.4, 0.5) is 0 Å². The van der Waals surface area contributed by atoms with Gasteiger partial charge in [-0.15, -0.1) is 0 Å². The molecule has 0 aromatic rings. The number of hydrogen-bond donors (Lipinski definition) is 1. The second-order valence-corrected chi connectivity index (χ2v) is 6.13. The van der Waals surface area contributed by atoms with Crippen LogP contribution in [-0.4, -0.2) is 47.2 Å². The molecule has 1 spiro atoms. The smallest absolute Gasteiger partial charge is 0.307 e. The van der Waals surface area contributed by atoms with Crippen molar-refractivity contribution < 1.29 is 19.4 Å². The maximum atomic E-state index is 12.4. The first-order chi connectivity index (χ1) is 9.11. The van der Waals surface area contributed by atoms with E-state index in [1.807, 2.05) is 4.90 Å². The highest BCUT2D eigenvalue weighted by molar-refractivity contribution is 5.86. The van der Waals surface area contributed by atoms with E-state index < -0.39 is 11.9 Å². The molecule has 3 fully saturated rings. The molecule has 1 heterocycles. The van der Waals surface area contributed by atoms with E-state index in [1.165, 1.54) is 12.8 Å². The van der Waals surface area contributed by atoms with Gasteiger partial charge in [0.25, 0.3) is 0 Å². The SMILES string of the molecule is O=C(O)C1CCC1C(=O)N1CCOC2(CCCC2)C1. The molecule has 0 aromatic heterocycles. The summed E-state index contributed by atoms with van der Waals surface area (Å²) in [5.41, 5.74) is -0.129. The van der Waals surface area contributed by atoms with E-state index in [-0.39, 0.29) is 17.4 Å². The van der Waals surface area contributed by atoms with Crippen molar-refractivity contribution in [2.45, 2.75) is 44.1 Å². The maximum Gasteiger partial charge on any atom is 0.307 e. The van der Waals surface area contributed by atoms with E-state index in [0.29, 0.717) is 26.1 Å². The van der Waals surface area contributed by atoms with Crippen LogP contribution in [-0.2, 0) is 14.3 Å². The molecular formula is C14H21NO4. The molecule has 106 valence electrons.